The van der Waals surface area contributed by atoms with E-state index in [1.165, 1.54) is 9.80 Å². The Hall–Kier alpha value is -2.78. The van der Waals surface area contributed by atoms with E-state index in [9.17, 15) is 19.2 Å². The lowest BCUT2D eigenvalue weighted by atomic mass is 10.1. The average molecular weight is 503 g/mol. The van der Waals surface area contributed by atoms with E-state index < -0.39 is 12.1 Å². The van der Waals surface area contributed by atoms with Crippen LogP contribution in [0.15, 0.2) is 48.5 Å². The number of hydrogen-bond acceptors (Lipinski definition) is 4. The van der Waals surface area contributed by atoms with Gasteiger partial charge in [0.1, 0.15) is 26.2 Å². The van der Waals surface area contributed by atoms with Gasteiger partial charge in [0.15, 0.2) is 12.1 Å². The Kier molecular flexibility index (Phi) is 6.16. The number of hydrogen-bond donors (Lipinski definition) is 2. The second-order valence-corrected chi connectivity index (χ2v) is 9.80. The fourth-order valence-corrected chi connectivity index (χ4v) is 5.63. The molecule has 0 radical (unpaired) electrons. The minimum absolute atomic E-state index is 0.152. The van der Waals surface area contributed by atoms with Crippen molar-refractivity contribution in [1.82, 2.24) is 0 Å². The first-order valence-corrected chi connectivity index (χ1v) is 12.0. The molecule has 5 rings (SSSR count). The number of carbonyl (C=O) groups excluding carboxylic acids is 4. The number of quaternary nitrogens is 2. The third-order valence-corrected chi connectivity index (χ3v) is 7.42. The van der Waals surface area contributed by atoms with Crippen LogP contribution >= 0.6 is 23.2 Å². The van der Waals surface area contributed by atoms with Crippen molar-refractivity contribution in [2.45, 2.75) is 24.9 Å². The largest absolute Gasteiger partial charge is 0.315 e. The summed E-state index contributed by atoms with van der Waals surface area (Å²) in [6.07, 6.45) is 0.304. The number of carbonyl (C=O) groups is 4. The quantitative estimate of drug-likeness (QED) is 0.564. The number of halogens is 2. The molecule has 2 N–H and O–H groups in total. The smallest absolute Gasteiger partial charge is 0.292 e. The van der Waals surface area contributed by atoms with Gasteiger partial charge < -0.3 is 9.80 Å². The minimum Gasteiger partial charge on any atom is -0.315 e. The van der Waals surface area contributed by atoms with Gasteiger partial charge >= 0.3 is 0 Å². The van der Waals surface area contributed by atoms with Crippen molar-refractivity contribution in [3.05, 3.63) is 58.6 Å². The highest BCUT2D eigenvalue weighted by atomic mass is 35.5. The van der Waals surface area contributed by atoms with Crippen LogP contribution < -0.4 is 19.6 Å². The Morgan fingerprint density at radius 1 is 0.647 bits per heavy atom. The Bertz CT molecular complexity index is 1090. The molecule has 2 unspecified atom stereocenters. The van der Waals surface area contributed by atoms with Crippen molar-refractivity contribution < 1.29 is 29.0 Å². The zero-order valence-electron chi connectivity index (χ0n) is 18.3. The van der Waals surface area contributed by atoms with E-state index >= 15 is 0 Å². The lowest BCUT2D eigenvalue weighted by molar-refractivity contribution is -1.02. The molecule has 0 spiro atoms. The van der Waals surface area contributed by atoms with Crippen molar-refractivity contribution >= 4 is 58.2 Å². The lowest BCUT2D eigenvalue weighted by Crippen LogP contribution is -3.31. The third kappa shape index (κ3) is 4.11. The number of nitrogens with one attached hydrogen (secondary N) is 2. The fraction of sp³-hybridized carbons (Fsp3) is 0.333. The summed E-state index contributed by atoms with van der Waals surface area (Å²) in [5.74, 6) is -0.892. The highest BCUT2D eigenvalue weighted by Crippen LogP contribution is 2.26. The maximum absolute atomic E-state index is 13.1. The number of imide groups is 2. The molecule has 10 heteroatoms. The van der Waals surface area contributed by atoms with Crippen molar-refractivity contribution in [1.29, 1.82) is 0 Å². The molecular formula is C24H24Cl2N4O4+2. The monoisotopic (exact) mass is 502 g/mol. The van der Waals surface area contributed by atoms with E-state index in [4.69, 9.17) is 23.2 Å². The van der Waals surface area contributed by atoms with E-state index in [2.05, 4.69) is 0 Å². The zero-order chi connectivity index (χ0) is 24.0. The molecule has 8 nitrogen and oxygen atoms in total. The van der Waals surface area contributed by atoms with E-state index in [0.717, 1.165) is 9.80 Å². The normalized spacial score (nSPS) is 27.7. The summed E-state index contributed by atoms with van der Waals surface area (Å²) >= 11 is 12.1. The molecule has 3 saturated heterocycles. The molecular weight excluding hydrogens is 479 g/mol. The number of rotatable bonds is 4. The van der Waals surface area contributed by atoms with Gasteiger partial charge in [0.05, 0.1) is 24.2 Å². The van der Waals surface area contributed by atoms with E-state index in [-0.39, 0.29) is 36.5 Å². The van der Waals surface area contributed by atoms with Crippen LogP contribution in [0.4, 0.5) is 11.4 Å². The van der Waals surface area contributed by atoms with Crippen LogP contribution in [0.5, 0.6) is 0 Å². The van der Waals surface area contributed by atoms with Crippen LogP contribution in [0.1, 0.15) is 12.8 Å². The first-order valence-electron chi connectivity index (χ1n) is 11.3. The first-order chi connectivity index (χ1) is 16.3. The van der Waals surface area contributed by atoms with Crippen LogP contribution in [-0.4, -0.2) is 61.9 Å². The third-order valence-electron chi connectivity index (χ3n) is 6.95. The van der Waals surface area contributed by atoms with Crippen molar-refractivity contribution in [3.63, 3.8) is 0 Å². The summed E-state index contributed by atoms with van der Waals surface area (Å²) in [6.45, 7) is 2.55. The maximum atomic E-state index is 13.1. The number of amides is 4. The maximum Gasteiger partial charge on any atom is 0.292 e. The second-order valence-electron chi connectivity index (χ2n) is 8.92. The molecule has 3 fully saturated rings. The van der Waals surface area contributed by atoms with Gasteiger partial charge in [-0.2, -0.15) is 0 Å². The summed E-state index contributed by atoms with van der Waals surface area (Å²) in [5.41, 5.74) is 0.981. The summed E-state index contributed by atoms with van der Waals surface area (Å²) in [5, 5.41) is 0.933. The van der Waals surface area contributed by atoms with Gasteiger partial charge in [0.25, 0.3) is 11.8 Å². The molecule has 3 aliphatic rings. The summed E-state index contributed by atoms with van der Waals surface area (Å²) in [7, 11) is 0. The van der Waals surface area contributed by atoms with E-state index in [1.807, 2.05) is 0 Å². The molecule has 0 aliphatic carbocycles. The van der Waals surface area contributed by atoms with Gasteiger partial charge in [-0.05, 0) is 36.4 Å². The van der Waals surface area contributed by atoms with Crippen LogP contribution in [0.3, 0.4) is 0 Å². The number of nitrogens with zero attached hydrogens (tertiary/aromatic N) is 2. The molecule has 34 heavy (non-hydrogen) atoms. The predicted octanol–water partition coefficient (Wildman–Crippen LogP) is -0.259. The summed E-state index contributed by atoms with van der Waals surface area (Å²) < 4.78 is 0. The summed E-state index contributed by atoms with van der Waals surface area (Å²) in [6, 6.07) is 12.6. The molecule has 0 aromatic heterocycles. The van der Waals surface area contributed by atoms with E-state index in [1.54, 1.807) is 48.5 Å². The van der Waals surface area contributed by atoms with Crippen molar-refractivity contribution in [2.24, 2.45) is 0 Å². The highest BCUT2D eigenvalue weighted by Gasteiger charge is 2.50. The molecule has 2 aromatic rings. The Balaban J connectivity index is 1.24. The van der Waals surface area contributed by atoms with Gasteiger partial charge in [-0.3, -0.25) is 19.2 Å². The molecule has 3 heterocycles. The molecule has 2 aromatic carbocycles. The standard InChI is InChI=1S/C24H22Cl2N4O4/c25-15-3-1-5-17(11-15)29-21(31)13-19(23(29)33)27-7-9-28(10-8-27)20-14-22(32)30(24(20)34)18-6-2-4-16(26)12-18/h1-6,11-12,19-20H,7-10,13-14H2/p+2. The second kappa shape index (κ2) is 9.11. The van der Waals surface area contributed by atoms with Gasteiger partial charge in [-0.1, -0.05) is 35.3 Å². The Labute approximate surface area is 206 Å². The summed E-state index contributed by atoms with van der Waals surface area (Å²) in [4.78, 5) is 56.0. The lowest BCUT2D eigenvalue weighted by Gasteiger charge is -2.34. The van der Waals surface area contributed by atoms with Gasteiger partial charge in [-0.15, -0.1) is 0 Å². The van der Waals surface area contributed by atoms with Gasteiger partial charge in [0, 0.05) is 10.0 Å². The molecule has 3 aliphatic heterocycles. The highest BCUT2D eigenvalue weighted by molar-refractivity contribution is 6.32. The topological polar surface area (TPSA) is 83.6 Å². The van der Waals surface area contributed by atoms with Crippen LogP contribution in [0.25, 0.3) is 0 Å². The van der Waals surface area contributed by atoms with Crippen molar-refractivity contribution in [3.8, 4) is 0 Å². The number of anilines is 2. The fourth-order valence-electron chi connectivity index (χ4n) is 5.26. The van der Waals surface area contributed by atoms with E-state index in [0.29, 0.717) is 47.6 Å². The van der Waals surface area contributed by atoms with Crippen LogP contribution in [0.2, 0.25) is 10.0 Å². The van der Waals surface area contributed by atoms with Gasteiger partial charge in [0.2, 0.25) is 11.8 Å². The number of piperazine rings is 1. The molecule has 0 bridgehead atoms. The Morgan fingerprint density at radius 3 is 1.38 bits per heavy atom. The minimum atomic E-state index is -0.447. The Morgan fingerprint density at radius 2 is 1.03 bits per heavy atom. The molecule has 0 saturated carbocycles. The zero-order valence-corrected chi connectivity index (χ0v) is 19.8. The average Bonchev–Trinajstić information content (AvgIpc) is 3.28. The number of benzene rings is 2. The van der Waals surface area contributed by atoms with Crippen LogP contribution in [0, 0.1) is 0 Å². The van der Waals surface area contributed by atoms with Crippen molar-refractivity contribution in [2.75, 3.05) is 36.0 Å². The molecule has 4 amide bonds. The predicted molar refractivity (Wildman–Crippen MR) is 126 cm³/mol. The molecule has 2 atom stereocenters. The van der Waals surface area contributed by atoms with Crippen LogP contribution in [-0.2, 0) is 19.2 Å². The first kappa shape index (κ1) is 23.0. The van der Waals surface area contributed by atoms with Gasteiger partial charge in [-0.25, -0.2) is 9.80 Å². The SMILES string of the molecule is O=C1CC([NH+]2CC[NH+](C3CC(=O)N(c4cccc(Cl)c4)C3=O)CC2)C(=O)N1c1cccc(Cl)c1. The molecule has 176 valence electrons.